The number of carbonyl (C=O) groups is 1. The smallest absolute Gasteiger partial charge is 0.335 e. The molecule has 1 saturated heterocycles. The average Bonchev–Trinajstić information content (AvgIpc) is 2.77. The Morgan fingerprint density at radius 1 is 0.903 bits per heavy atom. The van der Waals surface area contributed by atoms with E-state index in [1.165, 1.54) is 16.7 Å². The van der Waals surface area contributed by atoms with Crippen molar-refractivity contribution in [3.8, 4) is 11.1 Å². The molecule has 5 nitrogen and oxygen atoms in total. The Bertz CT molecular complexity index is 1010. The van der Waals surface area contributed by atoms with Gasteiger partial charge in [0.15, 0.2) is 0 Å². The lowest BCUT2D eigenvalue weighted by atomic mass is 10.0. The molecule has 0 aliphatic carbocycles. The van der Waals surface area contributed by atoms with Gasteiger partial charge in [-0.05, 0) is 66.4 Å². The van der Waals surface area contributed by atoms with Crippen LogP contribution in [-0.4, -0.2) is 51.0 Å². The average molecular weight is 416 g/mol. The largest absolute Gasteiger partial charge is 0.478 e. The quantitative estimate of drug-likeness (QED) is 0.640. The summed E-state index contributed by atoms with van der Waals surface area (Å²) in [4.78, 5) is 20.2. The second kappa shape index (κ2) is 9.41. The van der Waals surface area contributed by atoms with E-state index in [4.69, 9.17) is 5.11 Å². The molecule has 31 heavy (non-hydrogen) atoms. The van der Waals surface area contributed by atoms with Crippen LogP contribution in [0, 0.1) is 0 Å². The van der Waals surface area contributed by atoms with Gasteiger partial charge in [-0.25, -0.2) is 4.79 Å². The Labute approximate surface area is 184 Å². The van der Waals surface area contributed by atoms with Gasteiger partial charge in [-0.2, -0.15) is 0 Å². The van der Waals surface area contributed by atoms with E-state index in [0.717, 1.165) is 31.7 Å². The third-order valence-corrected chi connectivity index (χ3v) is 6.09. The number of benzene rings is 2. The summed E-state index contributed by atoms with van der Waals surface area (Å²) < 4.78 is 0. The number of carboxylic acid groups (broad SMARTS) is 1. The first-order valence-electron chi connectivity index (χ1n) is 10.8. The maximum atomic E-state index is 11.1. The molecule has 0 spiro atoms. The summed E-state index contributed by atoms with van der Waals surface area (Å²) in [6, 6.07) is 21.0. The van der Waals surface area contributed by atoms with Gasteiger partial charge in [-0.1, -0.05) is 30.3 Å². The van der Waals surface area contributed by atoms with Crippen molar-refractivity contribution in [1.29, 1.82) is 0 Å². The molecular formula is C26H29N3O2. The molecule has 160 valence electrons. The highest BCUT2D eigenvalue weighted by molar-refractivity contribution is 5.87. The van der Waals surface area contributed by atoms with Crippen LogP contribution >= 0.6 is 0 Å². The van der Waals surface area contributed by atoms with Gasteiger partial charge in [0.05, 0.1) is 5.56 Å². The first-order valence-corrected chi connectivity index (χ1v) is 10.8. The molecule has 1 fully saturated rings. The molecule has 1 N–H and O–H groups in total. The lowest BCUT2D eigenvalue weighted by Crippen LogP contribution is -2.55. The Balaban J connectivity index is 1.40. The van der Waals surface area contributed by atoms with E-state index in [9.17, 15) is 4.79 Å². The van der Waals surface area contributed by atoms with Gasteiger partial charge in [0.25, 0.3) is 0 Å². The van der Waals surface area contributed by atoms with Gasteiger partial charge >= 0.3 is 5.97 Å². The number of aromatic carboxylic acids is 1. The van der Waals surface area contributed by atoms with Crippen LogP contribution < -0.4 is 0 Å². The number of aromatic nitrogens is 1. The highest BCUT2D eigenvalue weighted by Crippen LogP contribution is 2.24. The van der Waals surface area contributed by atoms with Gasteiger partial charge < -0.3 is 5.11 Å². The normalized spacial score (nSPS) is 19.9. The minimum Gasteiger partial charge on any atom is -0.478 e. The third-order valence-electron chi connectivity index (χ3n) is 6.09. The predicted molar refractivity (Wildman–Crippen MR) is 123 cm³/mol. The van der Waals surface area contributed by atoms with Crippen molar-refractivity contribution in [2.75, 3.05) is 13.1 Å². The summed E-state index contributed by atoms with van der Waals surface area (Å²) in [5.41, 5.74) is 5.23. The fourth-order valence-corrected chi connectivity index (χ4v) is 4.52. The molecule has 0 saturated carbocycles. The monoisotopic (exact) mass is 415 g/mol. The molecule has 2 heterocycles. The SMILES string of the molecule is C[C@@H]1CN(Cc2ccc(C(=O)O)cc2)C[C@H](C)N1Cc1cccc(-c2ccncc2)c1. The molecule has 0 amide bonds. The third kappa shape index (κ3) is 5.19. The van der Waals surface area contributed by atoms with Crippen molar-refractivity contribution in [3.63, 3.8) is 0 Å². The molecule has 1 aromatic heterocycles. The van der Waals surface area contributed by atoms with E-state index in [-0.39, 0.29) is 0 Å². The maximum Gasteiger partial charge on any atom is 0.335 e. The van der Waals surface area contributed by atoms with Crippen LogP contribution in [0.15, 0.2) is 73.1 Å². The van der Waals surface area contributed by atoms with Gasteiger partial charge in [-0.15, -0.1) is 0 Å². The van der Waals surface area contributed by atoms with Crippen LogP contribution in [0.5, 0.6) is 0 Å². The van der Waals surface area contributed by atoms with E-state index in [1.54, 1.807) is 12.1 Å². The maximum absolute atomic E-state index is 11.1. The summed E-state index contributed by atoms with van der Waals surface area (Å²) in [6.07, 6.45) is 3.67. The fourth-order valence-electron chi connectivity index (χ4n) is 4.52. The van der Waals surface area contributed by atoms with Gasteiger partial charge in [0.1, 0.15) is 0 Å². The number of carboxylic acids is 1. The Morgan fingerprint density at radius 2 is 1.58 bits per heavy atom. The minimum atomic E-state index is -0.879. The zero-order valence-electron chi connectivity index (χ0n) is 18.1. The molecule has 5 heteroatoms. The second-order valence-electron chi connectivity index (χ2n) is 8.50. The summed E-state index contributed by atoms with van der Waals surface area (Å²) >= 11 is 0. The zero-order valence-corrected chi connectivity index (χ0v) is 18.1. The van der Waals surface area contributed by atoms with Gasteiger partial charge in [-0.3, -0.25) is 14.8 Å². The lowest BCUT2D eigenvalue weighted by Gasteiger charge is -2.44. The molecule has 1 aliphatic heterocycles. The van der Waals surface area contributed by atoms with E-state index >= 15 is 0 Å². The molecular weight excluding hydrogens is 386 g/mol. The highest BCUT2D eigenvalue weighted by Gasteiger charge is 2.29. The minimum absolute atomic E-state index is 0.337. The molecule has 2 aromatic carbocycles. The second-order valence-corrected chi connectivity index (χ2v) is 8.50. The molecule has 2 atom stereocenters. The Hall–Kier alpha value is -3.02. The van der Waals surface area contributed by atoms with E-state index in [1.807, 2.05) is 36.7 Å². The molecule has 0 unspecified atom stereocenters. The van der Waals surface area contributed by atoms with Crippen molar-refractivity contribution in [1.82, 2.24) is 14.8 Å². The van der Waals surface area contributed by atoms with Gasteiger partial charge in [0.2, 0.25) is 0 Å². The van der Waals surface area contributed by atoms with Crippen molar-refractivity contribution in [2.45, 2.75) is 39.0 Å². The summed E-state index contributed by atoms with van der Waals surface area (Å²) in [6.45, 7) is 8.36. The lowest BCUT2D eigenvalue weighted by molar-refractivity contribution is 0.0290. The standard InChI is InChI=1S/C26H29N3O2/c1-19-15-28(17-21-6-8-24(9-7-21)26(30)31)16-20(2)29(19)18-22-4-3-5-25(14-22)23-10-12-27-13-11-23/h3-14,19-20H,15-18H2,1-2H3,(H,30,31)/t19-,20+. The highest BCUT2D eigenvalue weighted by atomic mass is 16.4. The predicted octanol–water partition coefficient (Wildman–Crippen LogP) is 4.54. The van der Waals surface area contributed by atoms with Crippen molar-refractivity contribution < 1.29 is 9.90 Å². The number of pyridine rings is 1. The summed E-state index contributed by atoms with van der Waals surface area (Å²) in [5.74, 6) is -0.879. The molecule has 0 bridgehead atoms. The fraction of sp³-hybridized carbons (Fsp3) is 0.308. The number of hydrogen-bond acceptors (Lipinski definition) is 4. The molecule has 3 aromatic rings. The summed E-state index contributed by atoms with van der Waals surface area (Å²) in [7, 11) is 0. The van der Waals surface area contributed by atoms with Crippen LogP contribution in [0.3, 0.4) is 0 Å². The first-order chi connectivity index (χ1) is 15.0. The van der Waals surface area contributed by atoms with E-state index in [2.05, 4.69) is 52.9 Å². The molecule has 1 aliphatic rings. The Kier molecular flexibility index (Phi) is 6.44. The molecule has 4 rings (SSSR count). The van der Waals surface area contributed by atoms with Crippen LogP contribution in [0.1, 0.15) is 35.3 Å². The number of nitrogens with zero attached hydrogens (tertiary/aromatic N) is 3. The Morgan fingerprint density at radius 3 is 2.23 bits per heavy atom. The van der Waals surface area contributed by atoms with Crippen LogP contribution in [0.4, 0.5) is 0 Å². The zero-order chi connectivity index (χ0) is 21.8. The van der Waals surface area contributed by atoms with Crippen molar-refractivity contribution in [3.05, 3.63) is 89.7 Å². The number of rotatable bonds is 6. The van der Waals surface area contributed by atoms with Crippen molar-refractivity contribution >= 4 is 5.97 Å². The van der Waals surface area contributed by atoms with Crippen LogP contribution in [0.2, 0.25) is 0 Å². The number of hydrogen-bond donors (Lipinski definition) is 1. The van der Waals surface area contributed by atoms with Crippen LogP contribution in [0.25, 0.3) is 11.1 Å². The van der Waals surface area contributed by atoms with Crippen molar-refractivity contribution in [2.24, 2.45) is 0 Å². The van der Waals surface area contributed by atoms with Gasteiger partial charge in [0, 0.05) is 50.7 Å². The first kappa shape index (κ1) is 21.2. The summed E-state index contributed by atoms with van der Waals surface area (Å²) in [5, 5.41) is 9.08. The van der Waals surface area contributed by atoms with Crippen LogP contribution in [-0.2, 0) is 13.1 Å². The topological polar surface area (TPSA) is 56.7 Å². The number of piperazine rings is 1. The van der Waals surface area contributed by atoms with E-state index < -0.39 is 5.97 Å². The molecule has 0 radical (unpaired) electrons. The van der Waals surface area contributed by atoms with E-state index in [0.29, 0.717) is 17.6 Å².